The van der Waals surface area contributed by atoms with E-state index in [0.29, 0.717) is 25.5 Å². The van der Waals surface area contributed by atoms with Gasteiger partial charge in [-0.1, -0.05) is 30.3 Å². The largest absolute Gasteiger partial charge is 0.331 e. The summed E-state index contributed by atoms with van der Waals surface area (Å²) in [5.74, 6) is 1.37. The molecule has 1 aromatic heterocycles. The number of hydrogen-bond acceptors (Lipinski definition) is 5. The minimum atomic E-state index is -3.45. The summed E-state index contributed by atoms with van der Waals surface area (Å²) in [4.78, 5) is 16.1. The second-order valence-electron chi connectivity index (χ2n) is 8.08. The molecule has 0 bridgehead atoms. The fourth-order valence-corrected chi connectivity index (χ4v) is 5.67. The summed E-state index contributed by atoms with van der Waals surface area (Å²) in [5, 5.41) is 8.69. The molecule has 2 aliphatic heterocycles. The SMILES string of the molecule is CN(C)C(=O)N1CCCCC1c1nnc2n1CCN(S(=O)(=O)Cc1ccccc1)C2. The van der Waals surface area contributed by atoms with Crippen molar-refractivity contribution in [3.8, 4) is 0 Å². The van der Waals surface area contributed by atoms with Crippen LogP contribution in [0.25, 0.3) is 0 Å². The number of carbonyl (C=O) groups is 1. The lowest BCUT2D eigenvalue weighted by Gasteiger charge is -2.37. The van der Waals surface area contributed by atoms with Crippen molar-refractivity contribution in [1.29, 1.82) is 0 Å². The number of urea groups is 1. The zero-order chi connectivity index (χ0) is 21.3. The van der Waals surface area contributed by atoms with Gasteiger partial charge in [-0.05, 0) is 24.8 Å². The van der Waals surface area contributed by atoms with E-state index in [1.165, 1.54) is 4.31 Å². The van der Waals surface area contributed by atoms with Crippen LogP contribution < -0.4 is 0 Å². The van der Waals surface area contributed by atoms with Gasteiger partial charge in [0.25, 0.3) is 0 Å². The van der Waals surface area contributed by atoms with Crippen molar-refractivity contribution < 1.29 is 13.2 Å². The molecule has 2 aliphatic rings. The van der Waals surface area contributed by atoms with E-state index in [-0.39, 0.29) is 24.4 Å². The molecular weight excluding hydrogens is 404 g/mol. The highest BCUT2D eigenvalue weighted by molar-refractivity contribution is 7.88. The lowest BCUT2D eigenvalue weighted by atomic mass is 10.0. The standard InChI is InChI=1S/C20H28N6O3S/c1-23(2)20(27)25-11-7-6-10-17(25)19-22-21-18-14-24(12-13-26(18)19)30(28,29)15-16-8-4-3-5-9-16/h3-5,8-9,17H,6-7,10-15H2,1-2H3. The summed E-state index contributed by atoms with van der Waals surface area (Å²) in [6, 6.07) is 9.05. The van der Waals surface area contributed by atoms with Crippen LogP contribution >= 0.6 is 0 Å². The Bertz CT molecular complexity index is 1000. The number of piperidine rings is 1. The Kier molecular flexibility index (Phi) is 5.79. The Morgan fingerprint density at radius 1 is 1.10 bits per heavy atom. The van der Waals surface area contributed by atoms with Gasteiger partial charge in [0, 0.05) is 33.7 Å². The number of amides is 2. The molecule has 1 saturated heterocycles. The Labute approximate surface area is 177 Å². The van der Waals surface area contributed by atoms with Crippen LogP contribution in [0.15, 0.2) is 30.3 Å². The van der Waals surface area contributed by atoms with E-state index < -0.39 is 10.0 Å². The first kappa shape index (κ1) is 20.8. The number of aromatic nitrogens is 3. The van der Waals surface area contributed by atoms with E-state index in [9.17, 15) is 13.2 Å². The van der Waals surface area contributed by atoms with Gasteiger partial charge in [0.15, 0.2) is 5.82 Å². The number of hydrogen-bond donors (Lipinski definition) is 0. The van der Waals surface area contributed by atoms with Gasteiger partial charge in [0.1, 0.15) is 5.82 Å². The average molecular weight is 433 g/mol. The van der Waals surface area contributed by atoms with Gasteiger partial charge in [-0.15, -0.1) is 10.2 Å². The molecule has 0 radical (unpaired) electrons. The molecule has 0 N–H and O–H groups in total. The van der Waals surface area contributed by atoms with Crippen LogP contribution in [0, 0.1) is 0 Å². The lowest BCUT2D eigenvalue weighted by Crippen LogP contribution is -2.45. The summed E-state index contributed by atoms with van der Waals surface area (Å²) in [6.07, 6.45) is 2.85. The monoisotopic (exact) mass is 432 g/mol. The van der Waals surface area contributed by atoms with Crippen molar-refractivity contribution in [2.75, 3.05) is 27.2 Å². The van der Waals surface area contributed by atoms with E-state index in [1.807, 2.05) is 39.8 Å². The Hall–Kier alpha value is -2.46. The number of carbonyl (C=O) groups excluding carboxylic acids is 1. The van der Waals surface area contributed by atoms with Crippen LogP contribution in [-0.4, -0.2) is 70.5 Å². The predicted octanol–water partition coefficient (Wildman–Crippen LogP) is 1.83. The van der Waals surface area contributed by atoms with E-state index >= 15 is 0 Å². The summed E-state index contributed by atoms with van der Waals surface area (Å²) < 4.78 is 29.3. The van der Waals surface area contributed by atoms with Crippen LogP contribution in [0.3, 0.4) is 0 Å². The third kappa shape index (κ3) is 4.06. The molecule has 0 aliphatic carbocycles. The van der Waals surface area contributed by atoms with Gasteiger partial charge < -0.3 is 14.4 Å². The van der Waals surface area contributed by atoms with Crippen LogP contribution in [0.2, 0.25) is 0 Å². The second kappa shape index (κ2) is 8.35. The number of rotatable bonds is 4. The third-order valence-electron chi connectivity index (χ3n) is 5.76. The predicted molar refractivity (Wildman–Crippen MR) is 112 cm³/mol. The molecule has 0 spiro atoms. The van der Waals surface area contributed by atoms with E-state index in [4.69, 9.17) is 0 Å². The summed E-state index contributed by atoms with van der Waals surface area (Å²) in [6.45, 7) is 1.77. The maximum Gasteiger partial charge on any atom is 0.320 e. The molecule has 1 unspecified atom stereocenters. The third-order valence-corrected chi connectivity index (χ3v) is 7.56. The van der Waals surface area contributed by atoms with Crippen molar-refractivity contribution in [2.45, 2.75) is 44.1 Å². The van der Waals surface area contributed by atoms with Gasteiger partial charge in [-0.25, -0.2) is 13.2 Å². The van der Waals surface area contributed by atoms with Gasteiger partial charge in [-0.2, -0.15) is 4.31 Å². The van der Waals surface area contributed by atoms with Crippen LogP contribution in [0.4, 0.5) is 4.79 Å². The number of sulfonamides is 1. The summed E-state index contributed by atoms with van der Waals surface area (Å²) in [5.41, 5.74) is 0.769. The Morgan fingerprint density at radius 2 is 1.87 bits per heavy atom. The number of nitrogens with zero attached hydrogens (tertiary/aromatic N) is 6. The van der Waals surface area contributed by atoms with Crippen LogP contribution in [-0.2, 0) is 28.9 Å². The molecule has 1 aromatic carbocycles. The first-order valence-electron chi connectivity index (χ1n) is 10.3. The van der Waals surface area contributed by atoms with Crippen molar-refractivity contribution in [3.63, 3.8) is 0 Å². The minimum Gasteiger partial charge on any atom is -0.331 e. The molecule has 9 nitrogen and oxygen atoms in total. The van der Waals surface area contributed by atoms with Crippen LogP contribution in [0.5, 0.6) is 0 Å². The van der Waals surface area contributed by atoms with E-state index in [0.717, 1.165) is 30.7 Å². The molecular formula is C20H28N6O3S. The van der Waals surface area contributed by atoms with Crippen LogP contribution in [0.1, 0.15) is 42.5 Å². The van der Waals surface area contributed by atoms with Gasteiger partial charge in [0.2, 0.25) is 10.0 Å². The quantitative estimate of drug-likeness (QED) is 0.735. The molecule has 0 saturated carbocycles. The van der Waals surface area contributed by atoms with Crippen molar-refractivity contribution in [1.82, 2.24) is 28.9 Å². The first-order chi connectivity index (χ1) is 14.4. The number of benzene rings is 1. The molecule has 10 heteroatoms. The minimum absolute atomic E-state index is 0.0252. The maximum atomic E-state index is 12.9. The van der Waals surface area contributed by atoms with Gasteiger partial charge in [0.05, 0.1) is 18.3 Å². The lowest BCUT2D eigenvalue weighted by molar-refractivity contribution is 0.123. The summed E-state index contributed by atoms with van der Waals surface area (Å²) in [7, 11) is 0.0563. The highest BCUT2D eigenvalue weighted by Gasteiger charge is 2.36. The van der Waals surface area contributed by atoms with Crippen molar-refractivity contribution in [3.05, 3.63) is 47.5 Å². The first-order valence-corrected chi connectivity index (χ1v) is 11.9. The highest BCUT2D eigenvalue weighted by Crippen LogP contribution is 2.32. The molecule has 162 valence electrons. The smallest absolute Gasteiger partial charge is 0.320 e. The number of likely N-dealkylation sites (tertiary alicyclic amines) is 1. The molecule has 1 atom stereocenters. The molecule has 2 aromatic rings. The second-order valence-corrected chi connectivity index (χ2v) is 10.1. The zero-order valence-corrected chi connectivity index (χ0v) is 18.3. The number of fused-ring (bicyclic) bond motifs is 1. The van der Waals surface area contributed by atoms with Gasteiger partial charge >= 0.3 is 6.03 Å². The van der Waals surface area contributed by atoms with E-state index in [1.54, 1.807) is 19.0 Å². The fourth-order valence-electron chi connectivity index (χ4n) is 4.20. The molecule has 1 fully saturated rings. The molecule has 30 heavy (non-hydrogen) atoms. The van der Waals surface area contributed by atoms with Crippen molar-refractivity contribution >= 4 is 16.1 Å². The van der Waals surface area contributed by atoms with Gasteiger partial charge in [-0.3, -0.25) is 0 Å². The normalized spacial score (nSPS) is 20.1. The molecule has 2 amide bonds. The molecule has 3 heterocycles. The molecule has 4 rings (SSSR count). The van der Waals surface area contributed by atoms with Crippen molar-refractivity contribution in [2.24, 2.45) is 0 Å². The average Bonchev–Trinajstić information content (AvgIpc) is 3.16. The fraction of sp³-hybridized carbons (Fsp3) is 0.550. The highest BCUT2D eigenvalue weighted by atomic mass is 32.2. The summed E-state index contributed by atoms with van der Waals surface area (Å²) >= 11 is 0. The maximum absolute atomic E-state index is 12.9. The Balaban J connectivity index is 1.53. The van der Waals surface area contributed by atoms with E-state index in [2.05, 4.69) is 10.2 Å². The Morgan fingerprint density at radius 3 is 2.60 bits per heavy atom. The topological polar surface area (TPSA) is 91.6 Å². The zero-order valence-electron chi connectivity index (χ0n) is 17.4.